The summed E-state index contributed by atoms with van der Waals surface area (Å²) in [5.74, 6) is -1.72. The predicted molar refractivity (Wildman–Crippen MR) is 125 cm³/mol. The van der Waals surface area contributed by atoms with Gasteiger partial charge in [-0.1, -0.05) is 74.5 Å². The Morgan fingerprint density at radius 3 is 2.18 bits per heavy atom. The lowest BCUT2D eigenvalue weighted by molar-refractivity contribution is -0.141. The smallest absolute Gasteiger partial charge is 0.289 e. The summed E-state index contributed by atoms with van der Waals surface area (Å²) in [6.07, 6.45) is 0.847. The van der Waals surface area contributed by atoms with Gasteiger partial charge in [0.15, 0.2) is 0 Å². The molecule has 0 saturated carbocycles. The Kier molecular flexibility index (Phi) is 8.35. The number of benzene rings is 2. The molecule has 33 heavy (non-hydrogen) atoms. The van der Waals surface area contributed by atoms with Crippen LogP contribution in [0.3, 0.4) is 0 Å². The van der Waals surface area contributed by atoms with Crippen LogP contribution in [0.25, 0.3) is 0 Å². The van der Waals surface area contributed by atoms with Gasteiger partial charge >= 0.3 is 0 Å². The van der Waals surface area contributed by atoms with E-state index in [0.29, 0.717) is 19.5 Å². The lowest BCUT2D eigenvalue weighted by atomic mass is 10.0. The summed E-state index contributed by atoms with van der Waals surface area (Å²) in [6.45, 7) is 4.57. The van der Waals surface area contributed by atoms with Crippen molar-refractivity contribution in [2.24, 2.45) is 5.92 Å². The van der Waals surface area contributed by atoms with E-state index >= 15 is 0 Å². The van der Waals surface area contributed by atoms with Crippen molar-refractivity contribution in [2.75, 3.05) is 6.54 Å². The molecular formula is C26H31N3O4. The summed E-state index contributed by atoms with van der Waals surface area (Å²) in [6, 6.07) is 17.0. The van der Waals surface area contributed by atoms with Gasteiger partial charge < -0.3 is 15.5 Å². The zero-order valence-corrected chi connectivity index (χ0v) is 19.1. The number of carbonyl (C=O) groups excluding carboxylic acids is 4. The number of Topliss-reactive ketones (excluding diaryl/α,β-unsaturated/α-hetero) is 1. The number of hydrogen-bond acceptors (Lipinski definition) is 4. The quantitative estimate of drug-likeness (QED) is 0.544. The Bertz CT molecular complexity index is 976. The fourth-order valence-electron chi connectivity index (χ4n) is 3.85. The monoisotopic (exact) mass is 449 g/mol. The molecule has 0 aromatic heterocycles. The highest BCUT2D eigenvalue weighted by molar-refractivity contribution is 6.38. The molecule has 0 aliphatic carbocycles. The van der Waals surface area contributed by atoms with Crippen molar-refractivity contribution >= 4 is 23.5 Å². The molecule has 1 heterocycles. The van der Waals surface area contributed by atoms with Crippen molar-refractivity contribution in [3.8, 4) is 0 Å². The van der Waals surface area contributed by atoms with Crippen LogP contribution in [0.4, 0.5) is 0 Å². The Hall–Kier alpha value is -3.48. The lowest BCUT2D eigenvalue weighted by Crippen LogP contribution is -2.53. The van der Waals surface area contributed by atoms with Crippen molar-refractivity contribution < 1.29 is 19.2 Å². The van der Waals surface area contributed by atoms with Crippen molar-refractivity contribution in [3.05, 3.63) is 71.8 Å². The first-order valence-corrected chi connectivity index (χ1v) is 11.3. The maximum Gasteiger partial charge on any atom is 0.289 e. The van der Waals surface area contributed by atoms with E-state index in [-0.39, 0.29) is 24.7 Å². The van der Waals surface area contributed by atoms with Crippen LogP contribution >= 0.6 is 0 Å². The molecule has 0 spiro atoms. The van der Waals surface area contributed by atoms with Crippen LogP contribution in [0.15, 0.2) is 60.7 Å². The average Bonchev–Trinajstić information content (AvgIpc) is 3.18. The van der Waals surface area contributed by atoms with Crippen LogP contribution in [-0.2, 0) is 32.1 Å². The SMILES string of the molecule is CC(C)CNC(=O)C(=O)C(Cc1ccccc1)NC(=O)C1CCC(=O)N1Cc1ccccc1. The zero-order valence-electron chi connectivity index (χ0n) is 19.1. The van der Waals surface area contributed by atoms with Crippen molar-refractivity contribution in [1.29, 1.82) is 0 Å². The van der Waals surface area contributed by atoms with E-state index < -0.39 is 29.7 Å². The zero-order chi connectivity index (χ0) is 23.8. The van der Waals surface area contributed by atoms with E-state index in [1.165, 1.54) is 0 Å². The average molecular weight is 450 g/mol. The van der Waals surface area contributed by atoms with E-state index in [4.69, 9.17) is 0 Å². The Balaban J connectivity index is 1.74. The van der Waals surface area contributed by atoms with Crippen LogP contribution in [-0.4, -0.2) is 47.0 Å². The fraction of sp³-hybridized carbons (Fsp3) is 0.385. The third-order valence-corrected chi connectivity index (χ3v) is 5.64. The summed E-state index contributed by atoms with van der Waals surface area (Å²) in [7, 11) is 0. The molecule has 0 bridgehead atoms. The topological polar surface area (TPSA) is 95.6 Å². The van der Waals surface area contributed by atoms with Gasteiger partial charge in [-0.2, -0.15) is 0 Å². The van der Waals surface area contributed by atoms with Gasteiger partial charge in [-0.15, -0.1) is 0 Å². The highest BCUT2D eigenvalue weighted by Gasteiger charge is 2.38. The number of amides is 3. The molecule has 3 rings (SSSR count). The molecule has 1 fully saturated rings. The normalized spacial score (nSPS) is 16.5. The number of likely N-dealkylation sites (tertiary alicyclic amines) is 1. The van der Waals surface area contributed by atoms with E-state index in [9.17, 15) is 19.2 Å². The minimum atomic E-state index is -1.01. The third kappa shape index (κ3) is 6.75. The Labute approximate surface area is 194 Å². The molecule has 3 amide bonds. The second-order valence-electron chi connectivity index (χ2n) is 8.78. The van der Waals surface area contributed by atoms with E-state index in [1.54, 1.807) is 4.90 Å². The van der Waals surface area contributed by atoms with Gasteiger partial charge in [0.2, 0.25) is 17.6 Å². The molecule has 2 unspecified atom stereocenters. The maximum absolute atomic E-state index is 13.2. The van der Waals surface area contributed by atoms with Crippen molar-refractivity contribution in [1.82, 2.24) is 15.5 Å². The number of hydrogen-bond donors (Lipinski definition) is 2. The summed E-state index contributed by atoms with van der Waals surface area (Å²) in [4.78, 5) is 52.6. The summed E-state index contributed by atoms with van der Waals surface area (Å²) >= 11 is 0. The minimum absolute atomic E-state index is 0.0976. The standard InChI is InChI=1S/C26H31N3O4/c1-18(2)16-27-26(33)24(31)21(15-19-9-5-3-6-10-19)28-25(32)22-13-14-23(30)29(22)17-20-11-7-4-8-12-20/h3-12,18,21-22H,13-17H2,1-2H3,(H,27,33)(H,28,32). The first-order valence-electron chi connectivity index (χ1n) is 11.3. The first kappa shape index (κ1) is 24.2. The van der Waals surface area contributed by atoms with Crippen LogP contribution in [0.1, 0.15) is 37.8 Å². The third-order valence-electron chi connectivity index (χ3n) is 5.64. The Morgan fingerprint density at radius 1 is 0.970 bits per heavy atom. The molecule has 2 atom stereocenters. The van der Waals surface area contributed by atoms with Gasteiger partial charge in [0.25, 0.3) is 5.91 Å². The molecule has 1 saturated heterocycles. The van der Waals surface area contributed by atoms with Gasteiger partial charge in [-0.25, -0.2) is 0 Å². The summed E-state index contributed by atoms with van der Waals surface area (Å²) in [5.41, 5.74) is 1.76. The minimum Gasteiger partial charge on any atom is -0.349 e. The molecule has 174 valence electrons. The summed E-state index contributed by atoms with van der Waals surface area (Å²) in [5, 5.41) is 5.40. The molecule has 2 aromatic carbocycles. The maximum atomic E-state index is 13.2. The largest absolute Gasteiger partial charge is 0.349 e. The molecule has 7 nitrogen and oxygen atoms in total. The fourth-order valence-corrected chi connectivity index (χ4v) is 3.85. The van der Waals surface area contributed by atoms with Gasteiger partial charge in [0.05, 0.1) is 0 Å². The lowest BCUT2D eigenvalue weighted by Gasteiger charge is -2.26. The number of carbonyl (C=O) groups is 4. The van der Waals surface area contributed by atoms with Gasteiger partial charge in [-0.05, 0) is 23.5 Å². The molecule has 2 aromatic rings. The number of nitrogens with zero attached hydrogens (tertiary/aromatic N) is 1. The molecule has 0 radical (unpaired) electrons. The predicted octanol–water partition coefficient (Wildman–Crippen LogP) is 2.25. The van der Waals surface area contributed by atoms with Crippen molar-refractivity contribution in [2.45, 2.75) is 51.7 Å². The van der Waals surface area contributed by atoms with Gasteiger partial charge in [0, 0.05) is 25.9 Å². The number of rotatable bonds is 10. The van der Waals surface area contributed by atoms with Crippen LogP contribution in [0.5, 0.6) is 0 Å². The van der Waals surface area contributed by atoms with E-state index in [1.807, 2.05) is 74.5 Å². The number of ketones is 1. The summed E-state index contributed by atoms with van der Waals surface area (Å²) < 4.78 is 0. The molecule has 2 N–H and O–H groups in total. The highest BCUT2D eigenvalue weighted by Crippen LogP contribution is 2.22. The van der Waals surface area contributed by atoms with E-state index in [0.717, 1.165) is 11.1 Å². The van der Waals surface area contributed by atoms with Gasteiger partial charge in [0.1, 0.15) is 12.1 Å². The van der Waals surface area contributed by atoms with E-state index in [2.05, 4.69) is 10.6 Å². The second-order valence-corrected chi connectivity index (χ2v) is 8.78. The molecule has 7 heteroatoms. The molecular weight excluding hydrogens is 418 g/mol. The van der Waals surface area contributed by atoms with Crippen LogP contribution in [0, 0.1) is 5.92 Å². The molecule has 1 aliphatic heterocycles. The van der Waals surface area contributed by atoms with Gasteiger partial charge in [-0.3, -0.25) is 19.2 Å². The van der Waals surface area contributed by atoms with Crippen molar-refractivity contribution in [3.63, 3.8) is 0 Å². The van der Waals surface area contributed by atoms with Crippen LogP contribution in [0.2, 0.25) is 0 Å². The van der Waals surface area contributed by atoms with Crippen LogP contribution < -0.4 is 10.6 Å². The second kappa shape index (κ2) is 11.4. The number of nitrogens with one attached hydrogen (secondary N) is 2. The Morgan fingerprint density at radius 2 is 1.58 bits per heavy atom. The molecule has 1 aliphatic rings. The highest BCUT2D eigenvalue weighted by atomic mass is 16.2. The first-order chi connectivity index (χ1) is 15.8.